The van der Waals surface area contributed by atoms with Crippen LogP contribution in [0.25, 0.3) is 0 Å². The molecule has 20 heavy (non-hydrogen) atoms. The Hall–Kier alpha value is 0.787. The summed E-state index contributed by atoms with van der Waals surface area (Å²) in [5, 5.41) is 0. The summed E-state index contributed by atoms with van der Waals surface area (Å²) in [5.41, 5.74) is 0. The SMILES string of the molecule is C1=CCC/C=C\CC1.C1=CCC/C=C\CC1.[Cl-].[Cl-].[Rh].[Rh]. The van der Waals surface area contributed by atoms with Crippen LogP contribution in [0.3, 0.4) is 0 Å². The first kappa shape index (κ1) is 28.9. The maximum absolute atomic E-state index is 2.27. The summed E-state index contributed by atoms with van der Waals surface area (Å²) in [6, 6.07) is 0. The van der Waals surface area contributed by atoms with E-state index in [1.54, 1.807) is 0 Å². The Morgan fingerprint density at radius 2 is 0.400 bits per heavy atom. The van der Waals surface area contributed by atoms with E-state index in [2.05, 4.69) is 48.6 Å². The Morgan fingerprint density at radius 1 is 0.300 bits per heavy atom. The van der Waals surface area contributed by atoms with Crippen LogP contribution in [0.4, 0.5) is 0 Å². The molecule has 0 atom stereocenters. The normalized spacial score (nSPS) is 19.2. The average Bonchev–Trinajstić information content (AvgIpc) is 2.15. The molecule has 4 heteroatoms. The van der Waals surface area contributed by atoms with E-state index in [0.717, 1.165) is 0 Å². The van der Waals surface area contributed by atoms with Gasteiger partial charge < -0.3 is 24.8 Å². The van der Waals surface area contributed by atoms with Crippen LogP contribution in [0.2, 0.25) is 0 Å². The second-order valence-corrected chi connectivity index (χ2v) is 4.20. The van der Waals surface area contributed by atoms with Crippen LogP contribution in [0.15, 0.2) is 48.6 Å². The molecule has 0 aromatic heterocycles. The van der Waals surface area contributed by atoms with Crippen LogP contribution in [0.1, 0.15) is 51.4 Å². The van der Waals surface area contributed by atoms with E-state index in [-0.39, 0.29) is 63.8 Å². The summed E-state index contributed by atoms with van der Waals surface area (Å²) >= 11 is 0. The standard InChI is InChI=1S/2C8H12.2ClH.2Rh/c2*1-2-4-6-8-7-5-3-1;;;;/h2*1-2,7-8H,3-6H2;2*1H;;/p-2/b2*2-1-,8-7?;;;;. The van der Waals surface area contributed by atoms with E-state index in [1.807, 2.05) is 0 Å². The summed E-state index contributed by atoms with van der Waals surface area (Å²) in [6.07, 6.45) is 28.0. The maximum Gasteiger partial charge on any atom is 0 e. The van der Waals surface area contributed by atoms with Crippen LogP contribution in [0, 0.1) is 0 Å². The molecule has 2 radical (unpaired) electrons. The van der Waals surface area contributed by atoms with Gasteiger partial charge in [-0.2, -0.15) is 0 Å². The predicted molar refractivity (Wildman–Crippen MR) is 73.5 cm³/mol. The molecule has 0 saturated heterocycles. The second-order valence-electron chi connectivity index (χ2n) is 4.20. The molecule has 2 aliphatic rings. The van der Waals surface area contributed by atoms with E-state index in [0.29, 0.717) is 0 Å². The fraction of sp³-hybridized carbons (Fsp3) is 0.500. The molecule has 0 aromatic carbocycles. The first-order valence-electron chi connectivity index (χ1n) is 6.60. The topological polar surface area (TPSA) is 0 Å². The van der Waals surface area contributed by atoms with Crippen molar-refractivity contribution >= 4 is 0 Å². The van der Waals surface area contributed by atoms with Crippen molar-refractivity contribution < 1.29 is 63.8 Å². The van der Waals surface area contributed by atoms with Crippen molar-refractivity contribution in [2.24, 2.45) is 0 Å². The smallest absolute Gasteiger partial charge is 0 e. The summed E-state index contributed by atoms with van der Waals surface area (Å²) in [5.74, 6) is 0. The van der Waals surface area contributed by atoms with Gasteiger partial charge in [0.2, 0.25) is 0 Å². The Balaban J connectivity index is -0.000000107. The third kappa shape index (κ3) is 21.1. The fourth-order valence-corrected chi connectivity index (χ4v) is 1.71. The molecule has 0 nitrogen and oxygen atoms in total. The zero-order valence-corrected chi connectivity index (χ0v) is 16.5. The largest absolute Gasteiger partial charge is 1.00 e. The molecule has 0 amide bonds. The minimum absolute atomic E-state index is 0. The third-order valence-electron chi connectivity index (χ3n) is 2.67. The van der Waals surface area contributed by atoms with Crippen LogP contribution in [-0.4, -0.2) is 0 Å². The predicted octanol–water partition coefficient (Wildman–Crippen LogP) is -0.651. The molecule has 0 saturated carbocycles. The van der Waals surface area contributed by atoms with Crippen LogP contribution < -0.4 is 24.8 Å². The minimum Gasteiger partial charge on any atom is -1.00 e. The van der Waals surface area contributed by atoms with Gasteiger partial charge >= 0.3 is 0 Å². The van der Waals surface area contributed by atoms with E-state index in [4.69, 9.17) is 0 Å². The molecule has 0 spiro atoms. The molecule has 0 bridgehead atoms. The van der Waals surface area contributed by atoms with E-state index in [1.165, 1.54) is 51.4 Å². The van der Waals surface area contributed by atoms with Crippen molar-refractivity contribution in [1.29, 1.82) is 0 Å². The van der Waals surface area contributed by atoms with E-state index < -0.39 is 0 Å². The Bertz CT molecular complexity index is 192. The van der Waals surface area contributed by atoms with Crippen molar-refractivity contribution in [2.75, 3.05) is 0 Å². The molecule has 0 aromatic rings. The molecule has 2 rings (SSSR count). The molecule has 122 valence electrons. The van der Waals surface area contributed by atoms with Crippen molar-refractivity contribution in [2.45, 2.75) is 51.4 Å². The number of allylic oxidation sites excluding steroid dienone is 8. The van der Waals surface area contributed by atoms with Crippen LogP contribution in [-0.2, 0) is 39.0 Å². The van der Waals surface area contributed by atoms with Gasteiger partial charge in [-0.15, -0.1) is 0 Å². The van der Waals surface area contributed by atoms with E-state index >= 15 is 0 Å². The van der Waals surface area contributed by atoms with Gasteiger partial charge in [-0.1, -0.05) is 48.6 Å². The molecular formula is C16H24Cl2Rh2-2. The maximum atomic E-state index is 2.27. The molecule has 0 unspecified atom stereocenters. The van der Waals surface area contributed by atoms with Gasteiger partial charge in [0.1, 0.15) is 0 Å². The van der Waals surface area contributed by atoms with Gasteiger partial charge in [-0.05, 0) is 51.4 Å². The molecule has 0 heterocycles. The van der Waals surface area contributed by atoms with Gasteiger partial charge in [0.25, 0.3) is 0 Å². The van der Waals surface area contributed by atoms with E-state index in [9.17, 15) is 0 Å². The van der Waals surface area contributed by atoms with Crippen molar-refractivity contribution in [3.8, 4) is 0 Å². The summed E-state index contributed by atoms with van der Waals surface area (Å²) < 4.78 is 0. The average molecular weight is 493 g/mol. The quantitative estimate of drug-likeness (QED) is 0.311. The number of hydrogen-bond donors (Lipinski definition) is 0. The van der Waals surface area contributed by atoms with Gasteiger partial charge in [-0.25, -0.2) is 0 Å². The summed E-state index contributed by atoms with van der Waals surface area (Å²) in [7, 11) is 0. The summed E-state index contributed by atoms with van der Waals surface area (Å²) in [4.78, 5) is 0. The zero-order valence-electron chi connectivity index (χ0n) is 11.7. The number of rotatable bonds is 0. The first-order valence-corrected chi connectivity index (χ1v) is 6.60. The molecule has 0 aliphatic heterocycles. The molecule has 0 fully saturated rings. The van der Waals surface area contributed by atoms with Gasteiger partial charge in [-0.3, -0.25) is 0 Å². The van der Waals surface area contributed by atoms with Crippen molar-refractivity contribution in [3.63, 3.8) is 0 Å². The van der Waals surface area contributed by atoms with Gasteiger partial charge in [0, 0.05) is 39.0 Å². The Morgan fingerprint density at radius 3 is 0.500 bits per heavy atom. The van der Waals surface area contributed by atoms with Gasteiger partial charge in [0.05, 0.1) is 0 Å². The minimum atomic E-state index is 0. The number of halogens is 2. The van der Waals surface area contributed by atoms with Crippen LogP contribution >= 0.6 is 0 Å². The Labute approximate surface area is 163 Å². The molecular weight excluding hydrogens is 469 g/mol. The summed E-state index contributed by atoms with van der Waals surface area (Å²) in [6.45, 7) is 0. The van der Waals surface area contributed by atoms with Crippen molar-refractivity contribution in [1.82, 2.24) is 0 Å². The Kier molecular flexibility index (Phi) is 35.8. The van der Waals surface area contributed by atoms with Gasteiger partial charge in [0.15, 0.2) is 0 Å². The zero-order chi connectivity index (χ0) is 11.3. The van der Waals surface area contributed by atoms with Crippen LogP contribution in [0.5, 0.6) is 0 Å². The molecule has 2 aliphatic carbocycles. The van der Waals surface area contributed by atoms with Crippen molar-refractivity contribution in [3.05, 3.63) is 48.6 Å². The third-order valence-corrected chi connectivity index (χ3v) is 2.67. The monoisotopic (exact) mass is 492 g/mol. The second kappa shape index (κ2) is 24.8. The first-order chi connectivity index (χ1) is 8.00. The molecule has 0 N–H and O–H groups in total. The fourth-order valence-electron chi connectivity index (χ4n) is 1.71. The number of hydrogen-bond acceptors (Lipinski definition) is 0.